The maximum absolute atomic E-state index is 11.4. The van der Waals surface area contributed by atoms with Crippen LogP contribution in [-0.4, -0.2) is 34.0 Å². The Morgan fingerprint density at radius 2 is 2.29 bits per heavy atom. The highest BCUT2D eigenvalue weighted by Gasteiger charge is 2.43. The first-order valence-corrected chi connectivity index (χ1v) is 7.14. The molecule has 21 heavy (non-hydrogen) atoms. The lowest BCUT2D eigenvalue weighted by molar-refractivity contribution is -0.385. The number of hydrogen-bond acceptors (Lipinski definition) is 4. The molecular formula is C14H17ClN2O4. The average molecular weight is 313 g/mol. The van der Waals surface area contributed by atoms with E-state index in [1.807, 2.05) is 11.8 Å². The third kappa shape index (κ3) is 3.16. The van der Waals surface area contributed by atoms with Gasteiger partial charge >= 0.3 is 5.97 Å². The monoisotopic (exact) mass is 312 g/mol. The summed E-state index contributed by atoms with van der Waals surface area (Å²) >= 11 is 5.79. The molecule has 1 aromatic rings. The molecule has 0 radical (unpaired) electrons. The van der Waals surface area contributed by atoms with Gasteiger partial charge in [0.05, 0.1) is 10.3 Å². The zero-order chi connectivity index (χ0) is 15.6. The van der Waals surface area contributed by atoms with Crippen LogP contribution in [0.15, 0.2) is 18.2 Å². The number of benzene rings is 1. The number of aliphatic carboxylic acids is 1. The SMILES string of the molecule is CCC1(C(=O)O)CCN(Cc2ccc(Cl)cc2[N+](=O)[O-])C1. The predicted octanol–water partition coefficient (Wildman–Crippen LogP) is 2.93. The largest absolute Gasteiger partial charge is 0.481 e. The summed E-state index contributed by atoms with van der Waals surface area (Å²) in [5.74, 6) is -0.793. The Morgan fingerprint density at radius 3 is 2.81 bits per heavy atom. The van der Waals surface area contributed by atoms with Crippen molar-refractivity contribution in [3.63, 3.8) is 0 Å². The van der Waals surface area contributed by atoms with Crippen molar-refractivity contribution < 1.29 is 14.8 Å². The topological polar surface area (TPSA) is 83.7 Å². The van der Waals surface area contributed by atoms with Crippen LogP contribution in [0.3, 0.4) is 0 Å². The fourth-order valence-electron chi connectivity index (χ4n) is 2.79. The van der Waals surface area contributed by atoms with Crippen LogP contribution in [0.2, 0.25) is 5.02 Å². The van der Waals surface area contributed by atoms with Crippen LogP contribution < -0.4 is 0 Å². The van der Waals surface area contributed by atoms with E-state index in [0.29, 0.717) is 43.1 Å². The fourth-order valence-corrected chi connectivity index (χ4v) is 2.96. The van der Waals surface area contributed by atoms with Crippen molar-refractivity contribution in [2.24, 2.45) is 5.41 Å². The van der Waals surface area contributed by atoms with Crippen molar-refractivity contribution in [2.75, 3.05) is 13.1 Å². The molecule has 1 saturated heterocycles. The van der Waals surface area contributed by atoms with Crippen molar-refractivity contribution >= 4 is 23.3 Å². The maximum Gasteiger partial charge on any atom is 0.310 e. The smallest absolute Gasteiger partial charge is 0.310 e. The molecule has 0 aromatic heterocycles. The zero-order valence-corrected chi connectivity index (χ0v) is 12.5. The van der Waals surface area contributed by atoms with Crippen molar-refractivity contribution in [1.29, 1.82) is 0 Å². The van der Waals surface area contributed by atoms with Gasteiger partial charge in [-0.05, 0) is 31.5 Å². The first-order valence-electron chi connectivity index (χ1n) is 6.76. The number of nitrogens with zero attached hydrogens (tertiary/aromatic N) is 2. The summed E-state index contributed by atoms with van der Waals surface area (Å²) in [5.41, 5.74) is -0.199. The molecule has 0 aliphatic carbocycles. The second kappa shape index (κ2) is 5.99. The Labute approximate surface area is 127 Å². The highest BCUT2D eigenvalue weighted by atomic mass is 35.5. The van der Waals surface area contributed by atoms with E-state index in [2.05, 4.69) is 0 Å². The zero-order valence-electron chi connectivity index (χ0n) is 11.7. The van der Waals surface area contributed by atoms with E-state index in [0.717, 1.165) is 0 Å². The normalized spacial score (nSPS) is 22.4. The Bertz CT molecular complexity index is 578. The molecule has 0 spiro atoms. The van der Waals surface area contributed by atoms with Gasteiger partial charge in [-0.25, -0.2) is 0 Å². The second-order valence-corrected chi connectivity index (χ2v) is 5.87. The Hall–Kier alpha value is -1.66. The van der Waals surface area contributed by atoms with E-state index in [4.69, 9.17) is 11.6 Å². The summed E-state index contributed by atoms with van der Waals surface area (Å²) in [5, 5.41) is 20.8. The van der Waals surface area contributed by atoms with Gasteiger partial charge in [-0.1, -0.05) is 18.5 Å². The summed E-state index contributed by atoms with van der Waals surface area (Å²) in [4.78, 5) is 24.0. The molecule has 1 aliphatic rings. The number of carbonyl (C=O) groups is 1. The van der Waals surface area contributed by atoms with Crippen molar-refractivity contribution in [3.05, 3.63) is 38.9 Å². The van der Waals surface area contributed by atoms with Crippen LogP contribution >= 0.6 is 11.6 Å². The van der Waals surface area contributed by atoms with Crippen LogP contribution in [0.4, 0.5) is 5.69 Å². The van der Waals surface area contributed by atoms with Gasteiger partial charge in [0.1, 0.15) is 0 Å². The lowest BCUT2D eigenvalue weighted by Gasteiger charge is -2.23. The number of nitro benzene ring substituents is 1. The van der Waals surface area contributed by atoms with Crippen molar-refractivity contribution in [3.8, 4) is 0 Å². The summed E-state index contributed by atoms with van der Waals surface area (Å²) in [7, 11) is 0. The maximum atomic E-state index is 11.4. The summed E-state index contributed by atoms with van der Waals surface area (Å²) in [6.45, 7) is 3.27. The molecule has 1 aliphatic heterocycles. The van der Waals surface area contributed by atoms with Crippen molar-refractivity contribution in [2.45, 2.75) is 26.3 Å². The van der Waals surface area contributed by atoms with Gasteiger partial charge in [0, 0.05) is 29.7 Å². The molecule has 0 saturated carbocycles. The molecule has 1 aromatic carbocycles. The molecule has 1 heterocycles. The lowest BCUT2D eigenvalue weighted by Crippen LogP contribution is -2.33. The van der Waals surface area contributed by atoms with Crippen LogP contribution in [0.1, 0.15) is 25.3 Å². The third-order valence-corrected chi connectivity index (χ3v) is 4.44. The molecular weight excluding hydrogens is 296 g/mol. The molecule has 6 nitrogen and oxygen atoms in total. The predicted molar refractivity (Wildman–Crippen MR) is 78.4 cm³/mol. The second-order valence-electron chi connectivity index (χ2n) is 5.43. The molecule has 1 atom stereocenters. The Kier molecular flexibility index (Phi) is 4.49. The first kappa shape index (κ1) is 15.7. The summed E-state index contributed by atoms with van der Waals surface area (Å²) in [6, 6.07) is 4.58. The molecule has 114 valence electrons. The number of likely N-dealkylation sites (tertiary alicyclic amines) is 1. The minimum absolute atomic E-state index is 0.0215. The van der Waals surface area contributed by atoms with Gasteiger partial charge < -0.3 is 5.11 Å². The minimum Gasteiger partial charge on any atom is -0.481 e. The highest BCUT2D eigenvalue weighted by molar-refractivity contribution is 6.30. The number of hydrogen-bond donors (Lipinski definition) is 1. The minimum atomic E-state index is -0.793. The van der Waals surface area contributed by atoms with Gasteiger partial charge in [0.2, 0.25) is 0 Å². The highest BCUT2D eigenvalue weighted by Crippen LogP contribution is 2.36. The average Bonchev–Trinajstić information content (AvgIpc) is 2.85. The van der Waals surface area contributed by atoms with Gasteiger partial charge in [-0.3, -0.25) is 19.8 Å². The number of halogens is 1. The van der Waals surface area contributed by atoms with Crippen LogP contribution in [0, 0.1) is 15.5 Å². The van der Waals surface area contributed by atoms with E-state index >= 15 is 0 Å². The van der Waals surface area contributed by atoms with Gasteiger partial charge in [-0.15, -0.1) is 0 Å². The third-order valence-electron chi connectivity index (χ3n) is 4.20. The van der Waals surface area contributed by atoms with E-state index in [1.54, 1.807) is 12.1 Å². The van der Waals surface area contributed by atoms with Crippen LogP contribution in [-0.2, 0) is 11.3 Å². The first-order chi connectivity index (χ1) is 9.88. The summed E-state index contributed by atoms with van der Waals surface area (Å²) < 4.78 is 0. The van der Waals surface area contributed by atoms with Crippen LogP contribution in [0.25, 0.3) is 0 Å². The van der Waals surface area contributed by atoms with Gasteiger partial charge in [0.25, 0.3) is 5.69 Å². The number of carboxylic acid groups (broad SMARTS) is 1. The lowest BCUT2D eigenvalue weighted by atomic mass is 9.84. The van der Waals surface area contributed by atoms with Crippen molar-refractivity contribution in [1.82, 2.24) is 4.90 Å². The van der Waals surface area contributed by atoms with Crippen LogP contribution in [0.5, 0.6) is 0 Å². The Morgan fingerprint density at radius 1 is 1.57 bits per heavy atom. The van der Waals surface area contributed by atoms with Gasteiger partial charge in [-0.2, -0.15) is 0 Å². The number of carboxylic acids is 1. The van der Waals surface area contributed by atoms with E-state index in [-0.39, 0.29) is 5.69 Å². The van der Waals surface area contributed by atoms with E-state index < -0.39 is 16.3 Å². The molecule has 7 heteroatoms. The molecule has 0 bridgehead atoms. The van der Waals surface area contributed by atoms with E-state index in [1.165, 1.54) is 6.07 Å². The summed E-state index contributed by atoms with van der Waals surface area (Å²) in [6.07, 6.45) is 1.13. The fraction of sp³-hybridized carbons (Fsp3) is 0.500. The Balaban J connectivity index is 2.17. The molecule has 1 N–H and O–H groups in total. The molecule has 0 amide bonds. The van der Waals surface area contributed by atoms with Gasteiger partial charge in [0.15, 0.2) is 0 Å². The standard InChI is InChI=1S/C14H17ClN2O4/c1-2-14(13(18)19)5-6-16(9-14)8-10-3-4-11(15)7-12(10)17(20)21/h3-4,7H,2,5-6,8-9H2,1H3,(H,18,19). The van der Waals surface area contributed by atoms with E-state index in [9.17, 15) is 20.0 Å². The number of rotatable bonds is 5. The number of nitro groups is 1. The quantitative estimate of drug-likeness (QED) is 0.667. The molecule has 1 fully saturated rings. The molecule has 1 unspecified atom stereocenters. The molecule has 2 rings (SSSR count).